The minimum absolute atomic E-state index is 0.451. The zero-order valence-corrected chi connectivity index (χ0v) is 11.8. The molecule has 0 aliphatic heterocycles. The van der Waals surface area contributed by atoms with Gasteiger partial charge >= 0.3 is 0 Å². The molecule has 2 nitrogen and oxygen atoms in total. The Morgan fingerprint density at radius 1 is 1.38 bits per heavy atom. The van der Waals surface area contributed by atoms with Crippen LogP contribution in [0.3, 0.4) is 0 Å². The van der Waals surface area contributed by atoms with Gasteiger partial charge in [-0.3, -0.25) is 4.21 Å². The Morgan fingerprint density at radius 3 is 2.50 bits per heavy atom. The molecule has 2 aliphatic carbocycles. The molecule has 3 heteroatoms. The largest absolute Gasteiger partial charge is 0.312 e. The highest BCUT2D eigenvalue weighted by molar-refractivity contribution is 7.84. The molecular weight excluding hydrogens is 218 g/mol. The molecule has 0 radical (unpaired) electrons. The second-order valence-corrected chi connectivity index (χ2v) is 7.95. The Morgan fingerprint density at radius 2 is 2.06 bits per heavy atom. The minimum Gasteiger partial charge on any atom is -0.312 e. The van der Waals surface area contributed by atoms with E-state index in [2.05, 4.69) is 26.1 Å². The lowest BCUT2D eigenvalue weighted by Crippen LogP contribution is -2.45. The van der Waals surface area contributed by atoms with Crippen molar-refractivity contribution in [2.45, 2.75) is 46.1 Å². The van der Waals surface area contributed by atoms with Crippen LogP contribution in [0.25, 0.3) is 0 Å². The second kappa shape index (κ2) is 4.09. The first-order valence-corrected chi connectivity index (χ1v) is 8.14. The van der Waals surface area contributed by atoms with Gasteiger partial charge in [-0.25, -0.2) is 0 Å². The van der Waals surface area contributed by atoms with Crippen LogP contribution in [0.15, 0.2) is 0 Å². The zero-order valence-electron chi connectivity index (χ0n) is 11.0. The summed E-state index contributed by atoms with van der Waals surface area (Å²) in [5.41, 5.74) is 0.933. The molecule has 4 atom stereocenters. The molecule has 16 heavy (non-hydrogen) atoms. The standard InChI is InChI=1S/C13H25NOS/c1-12(2)10-5-6-13(12,3)11(9-10)14-7-8-16(4)15/h10-11,14H,5-9H2,1-4H3/t10?,11?,13-,16?/m1/s1. The predicted octanol–water partition coefficient (Wildman–Crippen LogP) is 2.17. The van der Waals surface area contributed by atoms with Gasteiger partial charge in [0.1, 0.15) is 0 Å². The van der Waals surface area contributed by atoms with Crippen LogP contribution >= 0.6 is 0 Å². The van der Waals surface area contributed by atoms with Crippen molar-refractivity contribution in [3.05, 3.63) is 0 Å². The van der Waals surface area contributed by atoms with E-state index in [0.717, 1.165) is 18.2 Å². The average molecular weight is 243 g/mol. The molecule has 0 aromatic carbocycles. The number of rotatable bonds is 4. The van der Waals surface area contributed by atoms with Crippen LogP contribution in [0, 0.1) is 16.7 Å². The van der Waals surface area contributed by atoms with Gasteiger partial charge in [0, 0.05) is 35.4 Å². The van der Waals surface area contributed by atoms with Gasteiger partial charge < -0.3 is 5.32 Å². The van der Waals surface area contributed by atoms with E-state index in [0.29, 0.717) is 16.9 Å². The predicted molar refractivity (Wildman–Crippen MR) is 70.0 cm³/mol. The maximum atomic E-state index is 11.1. The molecule has 3 unspecified atom stereocenters. The van der Waals surface area contributed by atoms with E-state index in [1.54, 1.807) is 6.26 Å². The highest BCUT2D eigenvalue weighted by atomic mass is 32.2. The van der Waals surface area contributed by atoms with Gasteiger partial charge in [-0.15, -0.1) is 0 Å². The van der Waals surface area contributed by atoms with E-state index in [-0.39, 0.29) is 0 Å². The normalized spacial score (nSPS) is 42.5. The summed E-state index contributed by atoms with van der Waals surface area (Å²) in [7, 11) is -0.663. The molecule has 0 amide bonds. The third kappa shape index (κ3) is 1.76. The summed E-state index contributed by atoms with van der Waals surface area (Å²) in [6, 6.07) is 0.643. The van der Waals surface area contributed by atoms with Crippen LogP contribution in [0.5, 0.6) is 0 Å². The van der Waals surface area contributed by atoms with Crippen molar-refractivity contribution in [3.8, 4) is 0 Å². The fourth-order valence-corrected chi connectivity index (χ4v) is 4.29. The van der Waals surface area contributed by atoms with Crippen molar-refractivity contribution in [2.75, 3.05) is 18.6 Å². The third-order valence-electron chi connectivity index (χ3n) is 5.57. The molecule has 0 aromatic rings. The molecule has 2 fully saturated rings. The van der Waals surface area contributed by atoms with Gasteiger partial charge in [0.25, 0.3) is 0 Å². The first kappa shape index (κ1) is 12.6. The monoisotopic (exact) mass is 243 g/mol. The number of nitrogens with one attached hydrogen (secondary N) is 1. The Balaban J connectivity index is 1.96. The lowest BCUT2D eigenvalue weighted by Gasteiger charge is -2.39. The molecule has 94 valence electrons. The Bertz CT molecular complexity index is 302. The fourth-order valence-electron chi connectivity index (χ4n) is 3.89. The van der Waals surface area contributed by atoms with E-state index in [1.807, 2.05) is 0 Å². The van der Waals surface area contributed by atoms with Crippen LogP contribution in [-0.4, -0.2) is 28.8 Å². The first-order valence-electron chi connectivity index (χ1n) is 6.41. The van der Waals surface area contributed by atoms with E-state index >= 15 is 0 Å². The summed E-state index contributed by atoms with van der Waals surface area (Å²) in [4.78, 5) is 0. The van der Waals surface area contributed by atoms with Crippen molar-refractivity contribution < 1.29 is 4.21 Å². The van der Waals surface area contributed by atoms with Crippen LogP contribution in [-0.2, 0) is 10.8 Å². The van der Waals surface area contributed by atoms with Gasteiger partial charge in [0.05, 0.1) is 0 Å². The SMILES string of the molecule is CS(=O)CCNC1CC2CC[C@@]1(C)C2(C)C. The summed E-state index contributed by atoms with van der Waals surface area (Å²) in [5, 5.41) is 3.65. The quantitative estimate of drug-likeness (QED) is 0.820. The molecular formula is C13H25NOS. The molecule has 0 aromatic heterocycles. The Kier molecular flexibility index (Phi) is 3.21. The number of hydrogen-bond acceptors (Lipinski definition) is 2. The summed E-state index contributed by atoms with van der Waals surface area (Å²) in [6.45, 7) is 8.22. The lowest BCUT2D eigenvalue weighted by atomic mass is 9.69. The minimum atomic E-state index is -0.663. The average Bonchev–Trinajstić information content (AvgIpc) is 2.49. The lowest BCUT2D eigenvalue weighted by molar-refractivity contribution is 0.122. The van der Waals surface area contributed by atoms with Crippen molar-refractivity contribution in [1.29, 1.82) is 0 Å². The highest BCUT2D eigenvalue weighted by Gasteiger charge is 2.60. The zero-order chi connectivity index (χ0) is 12.0. The van der Waals surface area contributed by atoms with Crippen LogP contribution < -0.4 is 5.32 Å². The third-order valence-corrected chi connectivity index (χ3v) is 6.35. The van der Waals surface area contributed by atoms with Gasteiger partial charge in [-0.2, -0.15) is 0 Å². The van der Waals surface area contributed by atoms with Gasteiger partial charge in [0.2, 0.25) is 0 Å². The smallest absolute Gasteiger partial charge is 0.0357 e. The first-order chi connectivity index (χ1) is 7.38. The van der Waals surface area contributed by atoms with Gasteiger partial charge in [-0.1, -0.05) is 20.8 Å². The van der Waals surface area contributed by atoms with Gasteiger partial charge in [0.15, 0.2) is 0 Å². The molecule has 2 aliphatic rings. The van der Waals surface area contributed by atoms with Crippen molar-refractivity contribution in [3.63, 3.8) is 0 Å². The summed E-state index contributed by atoms with van der Waals surface area (Å²) in [6.07, 6.45) is 5.87. The van der Waals surface area contributed by atoms with Crippen molar-refractivity contribution in [1.82, 2.24) is 5.32 Å². The van der Waals surface area contributed by atoms with Gasteiger partial charge in [-0.05, 0) is 36.0 Å². The molecule has 0 saturated heterocycles. The summed E-state index contributed by atoms with van der Waals surface area (Å²) >= 11 is 0. The van der Waals surface area contributed by atoms with Crippen LogP contribution in [0.1, 0.15) is 40.0 Å². The van der Waals surface area contributed by atoms with E-state index in [9.17, 15) is 4.21 Å². The molecule has 0 spiro atoms. The van der Waals surface area contributed by atoms with E-state index in [1.165, 1.54) is 19.3 Å². The van der Waals surface area contributed by atoms with Crippen LogP contribution in [0.4, 0.5) is 0 Å². The number of hydrogen-bond donors (Lipinski definition) is 1. The Hall–Kier alpha value is 0.110. The Labute approximate surface area is 102 Å². The molecule has 2 rings (SSSR count). The van der Waals surface area contributed by atoms with Crippen LogP contribution in [0.2, 0.25) is 0 Å². The molecule has 0 heterocycles. The maximum absolute atomic E-state index is 11.1. The topological polar surface area (TPSA) is 29.1 Å². The second-order valence-electron chi connectivity index (χ2n) is 6.39. The summed E-state index contributed by atoms with van der Waals surface area (Å²) in [5.74, 6) is 1.68. The molecule has 1 N–H and O–H groups in total. The molecule has 2 saturated carbocycles. The van der Waals surface area contributed by atoms with E-state index < -0.39 is 10.8 Å². The summed E-state index contributed by atoms with van der Waals surface area (Å²) < 4.78 is 11.1. The number of fused-ring (bicyclic) bond motifs is 2. The van der Waals surface area contributed by atoms with E-state index in [4.69, 9.17) is 0 Å². The highest BCUT2D eigenvalue weighted by Crippen LogP contribution is 2.65. The molecule has 2 bridgehead atoms. The maximum Gasteiger partial charge on any atom is 0.0357 e. The van der Waals surface area contributed by atoms with Crippen molar-refractivity contribution >= 4 is 10.8 Å². The fraction of sp³-hybridized carbons (Fsp3) is 1.00. The van der Waals surface area contributed by atoms with Crippen molar-refractivity contribution in [2.24, 2.45) is 16.7 Å².